The van der Waals surface area contributed by atoms with Crippen molar-refractivity contribution in [1.29, 1.82) is 0 Å². The lowest BCUT2D eigenvalue weighted by molar-refractivity contribution is -0.274. The van der Waals surface area contributed by atoms with Crippen LogP contribution in [0.15, 0.2) is 48.5 Å². The topological polar surface area (TPSA) is 53.6 Å². The SMILES string of the molecule is CCN(CC)CCCNC(=O)c1ccccc1Nc1ccc(OC(F)(F)F)cc1. The number of hydrogen-bond donors (Lipinski definition) is 2. The number of alkyl halides is 3. The van der Waals surface area contributed by atoms with Crippen LogP contribution >= 0.6 is 0 Å². The molecule has 0 unspecified atom stereocenters. The molecular weight excluding hydrogens is 383 g/mol. The van der Waals surface area contributed by atoms with Crippen molar-refractivity contribution in [3.63, 3.8) is 0 Å². The van der Waals surface area contributed by atoms with Gasteiger partial charge in [-0.1, -0.05) is 26.0 Å². The van der Waals surface area contributed by atoms with Gasteiger partial charge < -0.3 is 20.3 Å². The fourth-order valence-electron chi connectivity index (χ4n) is 2.83. The highest BCUT2D eigenvalue weighted by atomic mass is 19.4. The molecule has 0 saturated carbocycles. The summed E-state index contributed by atoms with van der Waals surface area (Å²) in [6.07, 6.45) is -3.88. The highest BCUT2D eigenvalue weighted by molar-refractivity contribution is 6.00. The van der Waals surface area contributed by atoms with Gasteiger partial charge in [0.15, 0.2) is 0 Å². The zero-order valence-corrected chi connectivity index (χ0v) is 16.6. The minimum atomic E-state index is -4.73. The van der Waals surface area contributed by atoms with E-state index < -0.39 is 6.36 Å². The molecule has 0 heterocycles. The molecule has 2 aromatic rings. The number of benzene rings is 2. The van der Waals surface area contributed by atoms with Crippen LogP contribution in [0.3, 0.4) is 0 Å². The molecule has 2 aromatic carbocycles. The molecule has 2 N–H and O–H groups in total. The number of hydrogen-bond acceptors (Lipinski definition) is 4. The van der Waals surface area contributed by atoms with Gasteiger partial charge in [-0.25, -0.2) is 0 Å². The first-order valence-corrected chi connectivity index (χ1v) is 9.54. The van der Waals surface area contributed by atoms with Crippen LogP contribution in [0.1, 0.15) is 30.6 Å². The van der Waals surface area contributed by atoms with Gasteiger partial charge in [0.05, 0.1) is 11.3 Å². The predicted octanol–water partition coefficient (Wildman–Crippen LogP) is 4.79. The van der Waals surface area contributed by atoms with Gasteiger partial charge in [0.2, 0.25) is 0 Å². The van der Waals surface area contributed by atoms with Crippen molar-refractivity contribution < 1.29 is 22.7 Å². The van der Waals surface area contributed by atoms with E-state index in [1.807, 2.05) is 0 Å². The van der Waals surface area contributed by atoms with Crippen molar-refractivity contribution in [3.8, 4) is 5.75 Å². The molecule has 0 aliphatic carbocycles. The minimum absolute atomic E-state index is 0.204. The second-order valence-electron chi connectivity index (χ2n) is 6.38. The van der Waals surface area contributed by atoms with Gasteiger partial charge in [-0.2, -0.15) is 0 Å². The third-order valence-corrected chi connectivity index (χ3v) is 4.37. The van der Waals surface area contributed by atoms with E-state index in [1.54, 1.807) is 24.3 Å². The Morgan fingerprint density at radius 2 is 1.69 bits per heavy atom. The van der Waals surface area contributed by atoms with E-state index >= 15 is 0 Å². The van der Waals surface area contributed by atoms with Crippen molar-refractivity contribution in [3.05, 3.63) is 54.1 Å². The smallest absolute Gasteiger partial charge is 0.406 e. The molecule has 0 aromatic heterocycles. The third-order valence-electron chi connectivity index (χ3n) is 4.37. The Bertz CT molecular complexity index is 775. The van der Waals surface area contributed by atoms with Crippen LogP contribution in [-0.2, 0) is 0 Å². The molecule has 0 aliphatic rings. The highest BCUT2D eigenvalue weighted by Gasteiger charge is 2.30. The van der Waals surface area contributed by atoms with E-state index in [1.165, 1.54) is 24.3 Å². The summed E-state index contributed by atoms with van der Waals surface area (Å²) in [6, 6.07) is 12.3. The molecule has 1 amide bonds. The normalized spacial score (nSPS) is 11.4. The van der Waals surface area contributed by atoms with Crippen molar-refractivity contribution in [2.24, 2.45) is 0 Å². The van der Waals surface area contributed by atoms with Crippen LogP contribution in [0.25, 0.3) is 0 Å². The Morgan fingerprint density at radius 1 is 1.03 bits per heavy atom. The molecule has 8 heteroatoms. The maximum Gasteiger partial charge on any atom is 0.573 e. The van der Waals surface area contributed by atoms with Gasteiger partial charge in [0, 0.05) is 12.2 Å². The fraction of sp³-hybridized carbons (Fsp3) is 0.381. The lowest BCUT2D eigenvalue weighted by atomic mass is 10.1. The highest BCUT2D eigenvalue weighted by Crippen LogP contribution is 2.26. The summed E-state index contributed by atoms with van der Waals surface area (Å²) in [6.45, 7) is 7.64. The largest absolute Gasteiger partial charge is 0.573 e. The molecule has 0 bridgehead atoms. The standard InChI is InChI=1S/C21H26F3N3O2/c1-3-27(4-2)15-7-14-25-20(28)18-8-5-6-9-19(18)26-16-10-12-17(13-11-16)29-21(22,23)24/h5-6,8-13,26H,3-4,7,14-15H2,1-2H3,(H,25,28). The third kappa shape index (κ3) is 7.65. The number of amides is 1. The van der Waals surface area contributed by atoms with Crippen LogP contribution in [0.4, 0.5) is 24.5 Å². The van der Waals surface area contributed by atoms with Gasteiger partial charge >= 0.3 is 6.36 Å². The number of nitrogens with zero attached hydrogens (tertiary/aromatic N) is 1. The molecule has 0 aliphatic heterocycles. The summed E-state index contributed by atoms with van der Waals surface area (Å²) in [5.41, 5.74) is 1.57. The average molecular weight is 409 g/mol. The Kier molecular flexibility index (Phi) is 8.33. The van der Waals surface area contributed by atoms with E-state index in [0.717, 1.165) is 26.1 Å². The second-order valence-corrected chi connectivity index (χ2v) is 6.38. The summed E-state index contributed by atoms with van der Waals surface area (Å²) in [4.78, 5) is 14.8. The van der Waals surface area contributed by atoms with Gasteiger partial charge in [-0.05, 0) is 62.5 Å². The Labute approximate surface area is 168 Å². The molecule has 0 atom stereocenters. The van der Waals surface area contributed by atoms with Gasteiger partial charge in [-0.15, -0.1) is 13.2 Å². The molecule has 0 fully saturated rings. The van der Waals surface area contributed by atoms with Crippen LogP contribution in [-0.4, -0.2) is 43.3 Å². The maximum absolute atomic E-state index is 12.5. The molecule has 0 saturated heterocycles. The number of ether oxygens (including phenoxy) is 1. The summed E-state index contributed by atoms with van der Waals surface area (Å²) < 4.78 is 40.6. The van der Waals surface area contributed by atoms with Gasteiger partial charge in [0.25, 0.3) is 5.91 Å². The number of carbonyl (C=O) groups is 1. The van der Waals surface area contributed by atoms with Crippen molar-refractivity contribution in [1.82, 2.24) is 10.2 Å². The first kappa shape index (κ1) is 22.5. The number of para-hydroxylation sites is 1. The first-order valence-electron chi connectivity index (χ1n) is 9.54. The Balaban J connectivity index is 1.96. The van der Waals surface area contributed by atoms with Crippen molar-refractivity contribution >= 4 is 17.3 Å². The summed E-state index contributed by atoms with van der Waals surface area (Å²) in [7, 11) is 0. The summed E-state index contributed by atoms with van der Waals surface area (Å²) in [5, 5.41) is 5.98. The van der Waals surface area contributed by atoms with Crippen molar-refractivity contribution in [2.75, 3.05) is 31.5 Å². The molecule has 0 radical (unpaired) electrons. The van der Waals surface area contributed by atoms with Crippen LogP contribution in [0, 0.1) is 0 Å². The Morgan fingerprint density at radius 3 is 2.31 bits per heavy atom. The van der Waals surface area contributed by atoms with Crippen LogP contribution in [0.5, 0.6) is 5.75 Å². The number of halogens is 3. The number of rotatable bonds is 10. The monoisotopic (exact) mass is 409 g/mol. The molecular formula is C21H26F3N3O2. The quantitative estimate of drug-likeness (QED) is 0.554. The zero-order chi connectivity index (χ0) is 21.3. The predicted molar refractivity (Wildman–Crippen MR) is 108 cm³/mol. The first-order chi connectivity index (χ1) is 13.8. The van der Waals surface area contributed by atoms with Crippen LogP contribution in [0.2, 0.25) is 0 Å². The Hall–Kier alpha value is -2.74. The van der Waals surface area contributed by atoms with Crippen LogP contribution < -0.4 is 15.4 Å². The lowest BCUT2D eigenvalue weighted by Crippen LogP contribution is -2.30. The van der Waals surface area contributed by atoms with Gasteiger partial charge in [0.1, 0.15) is 5.75 Å². The van der Waals surface area contributed by atoms with E-state index in [0.29, 0.717) is 23.5 Å². The van der Waals surface area contributed by atoms with E-state index in [-0.39, 0.29) is 11.7 Å². The maximum atomic E-state index is 12.5. The summed E-state index contributed by atoms with van der Waals surface area (Å²) >= 11 is 0. The summed E-state index contributed by atoms with van der Waals surface area (Å²) in [5.74, 6) is -0.507. The number of anilines is 2. The van der Waals surface area contributed by atoms with E-state index in [4.69, 9.17) is 0 Å². The number of nitrogens with one attached hydrogen (secondary N) is 2. The lowest BCUT2D eigenvalue weighted by Gasteiger charge is -2.18. The fourth-order valence-corrected chi connectivity index (χ4v) is 2.83. The zero-order valence-electron chi connectivity index (χ0n) is 16.6. The molecule has 158 valence electrons. The average Bonchev–Trinajstić information content (AvgIpc) is 2.69. The molecule has 0 spiro atoms. The second kappa shape index (κ2) is 10.7. The minimum Gasteiger partial charge on any atom is -0.406 e. The van der Waals surface area contributed by atoms with Gasteiger partial charge in [-0.3, -0.25) is 4.79 Å². The molecule has 2 rings (SSSR count). The van der Waals surface area contributed by atoms with Crippen molar-refractivity contribution in [2.45, 2.75) is 26.6 Å². The molecule has 29 heavy (non-hydrogen) atoms. The molecule has 5 nitrogen and oxygen atoms in total. The number of carbonyl (C=O) groups excluding carboxylic acids is 1. The van der Waals surface area contributed by atoms with E-state index in [2.05, 4.69) is 34.1 Å². The van der Waals surface area contributed by atoms with E-state index in [9.17, 15) is 18.0 Å².